The molecule has 6 rings (SSSR count). The quantitative estimate of drug-likeness (QED) is 0.518. The van der Waals surface area contributed by atoms with Gasteiger partial charge in [-0.1, -0.05) is 13.8 Å². The van der Waals surface area contributed by atoms with Crippen LogP contribution in [-0.4, -0.2) is 46.5 Å². The smallest absolute Gasteiger partial charge is 0.372 e. The Hall–Kier alpha value is -2.72. The van der Waals surface area contributed by atoms with E-state index in [1.165, 1.54) is 29.2 Å². The molecule has 0 radical (unpaired) electrons. The molecule has 4 atom stereocenters. The summed E-state index contributed by atoms with van der Waals surface area (Å²) in [6.45, 7) is 8.70. The van der Waals surface area contributed by atoms with E-state index in [-0.39, 0.29) is 35.6 Å². The van der Waals surface area contributed by atoms with Crippen LogP contribution in [0.25, 0.3) is 15.8 Å². The third-order valence-corrected chi connectivity index (χ3v) is 10.0. The van der Waals surface area contributed by atoms with Gasteiger partial charge in [0.15, 0.2) is 5.54 Å². The van der Waals surface area contributed by atoms with E-state index in [9.17, 15) is 22.8 Å². The SMILES string of the molecule is CC1=C(CC2CCNC2)C(c2ccnc3cc(CN4C(=O)C5C(C4=O)C5(C)C)sc23)=CC(C)(C(F)(F)F)N1. The predicted octanol–water partition coefficient (Wildman–Crippen LogP) is 5.02. The minimum Gasteiger partial charge on any atom is -0.372 e. The third-order valence-electron chi connectivity index (χ3n) is 8.86. The molecular weight excluding hydrogens is 513 g/mol. The van der Waals surface area contributed by atoms with Crippen LogP contribution in [-0.2, 0) is 16.1 Å². The van der Waals surface area contributed by atoms with Crippen molar-refractivity contribution in [3.05, 3.63) is 46.1 Å². The van der Waals surface area contributed by atoms with Gasteiger partial charge < -0.3 is 10.6 Å². The molecule has 0 aromatic carbocycles. The number of imide groups is 1. The largest absolute Gasteiger partial charge is 0.414 e. The Morgan fingerprint density at radius 3 is 2.53 bits per heavy atom. The van der Waals surface area contributed by atoms with Crippen LogP contribution < -0.4 is 10.6 Å². The van der Waals surface area contributed by atoms with Gasteiger partial charge in [0.2, 0.25) is 11.8 Å². The molecule has 202 valence electrons. The molecule has 2 N–H and O–H groups in total. The Bertz CT molecular complexity index is 1390. The van der Waals surface area contributed by atoms with E-state index in [4.69, 9.17) is 0 Å². The van der Waals surface area contributed by atoms with Gasteiger partial charge in [0.1, 0.15) is 0 Å². The molecule has 1 saturated carbocycles. The average molecular weight is 545 g/mol. The van der Waals surface area contributed by atoms with Crippen LogP contribution in [0.1, 0.15) is 51.0 Å². The summed E-state index contributed by atoms with van der Waals surface area (Å²) in [4.78, 5) is 32.4. The number of halogens is 3. The summed E-state index contributed by atoms with van der Waals surface area (Å²) in [6, 6.07) is 3.63. The van der Waals surface area contributed by atoms with Gasteiger partial charge in [-0.3, -0.25) is 19.5 Å². The molecule has 1 aliphatic carbocycles. The lowest BCUT2D eigenvalue weighted by Crippen LogP contribution is -2.54. The van der Waals surface area contributed by atoms with Crippen LogP contribution >= 0.6 is 11.3 Å². The molecule has 0 bridgehead atoms. The number of dihydropyridines is 1. The van der Waals surface area contributed by atoms with Crippen molar-refractivity contribution in [2.45, 2.75) is 58.8 Å². The number of pyridine rings is 1. The summed E-state index contributed by atoms with van der Waals surface area (Å²) in [5, 5.41) is 6.09. The average Bonchev–Trinajstić information content (AvgIpc) is 3.28. The summed E-state index contributed by atoms with van der Waals surface area (Å²) in [6.07, 6.45) is 0.0952. The molecule has 0 spiro atoms. The lowest BCUT2D eigenvalue weighted by Gasteiger charge is -2.38. The van der Waals surface area contributed by atoms with Crippen LogP contribution in [0.2, 0.25) is 0 Å². The van der Waals surface area contributed by atoms with E-state index < -0.39 is 11.7 Å². The number of piperidine rings is 1. The van der Waals surface area contributed by atoms with Crippen molar-refractivity contribution in [2.24, 2.45) is 23.2 Å². The second kappa shape index (κ2) is 8.39. The molecule has 4 unspecified atom stereocenters. The number of alkyl halides is 3. The zero-order valence-corrected chi connectivity index (χ0v) is 22.6. The summed E-state index contributed by atoms with van der Waals surface area (Å²) in [5.41, 5.74) is 0.862. The third kappa shape index (κ3) is 3.82. The van der Waals surface area contributed by atoms with E-state index in [2.05, 4.69) is 15.6 Å². The first kappa shape index (κ1) is 25.6. The minimum absolute atomic E-state index is 0.135. The van der Waals surface area contributed by atoms with E-state index in [1.807, 2.05) is 19.9 Å². The number of nitrogens with one attached hydrogen (secondary N) is 2. The van der Waals surface area contributed by atoms with Crippen molar-refractivity contribution < 1.29 is 22.8 Å². The fraction of sp³-hybridized carbons (Fsp3) is 0.536. The van der Waals surface area contributed by atoms with Crippen molar-refractivity contribution in [3.63, 3.8) is 0 Å². The number of aromatic nitrogens is 1. The Labute approximate surface area is 223 Å². The standard InChI is InChI=1S/C28H31F3N4O2S/c1-14-18(9-15-5-7-32-12-15)19(11-27(4,34-14)28(29,30)31)17-6-8-33-20-10-16(38-23(17)20)13-35-24(36)21-22(25(35)37)26(21,2)3/h6,8,10-11,15,21-22,32,34H,5,7,9,12-13H2,1-4H3. The number of fused-ring (bicyclic) bond motifs is 2. The van der Waals surface area contributed by atoms with Gasteiger partial charge in [0.05, 0.1) is 28.6 Å². The first-order valence-corrected chi connectivity index (χ1v) is 13.8. The van der Waals surface area contributed by atoms with Crippen molar-refractivity contribution in [1.29, 1.82) is 0 Å². The molecule has 3 aliphatic heterocycles. The Kier molecular flexibility index (Phi) is 5.64. The van der Waals surface area contributed by atoms with Gasteiger partial charge in [0, 0.05) is 22.3 Å². The van der Waals surface area contributed by atoms with Crippen molar-refractivity contribution >= 4 is 38.9 Å². The zero-order chi connectivity index (χ0) is 27.2. The highest BCUT2D eigenvalue weighted by atomic mass is 32.1. The number of hydrogen-bond donors (Lipinski definition) is 2. The van der Waals surface area contributed by atoms with Crippen LogP contribution in [0.15, 0.2) is 35.7 Å². The maximum atomic E-state index is 14.2. The number of nitrogens with zero attached hydrogens (tertiary/aromatic N) is 2. The van der Waals surface area contributed by atoms with Crippen molar-refractivity contribution in [1.82, 2.24) is 20.5 Å². The second-order valence-electron chi connectivity index (χ2n) is 11.9. The number of carbonyl (C=O) groups excluding carboxylic acids is 2. The molecule has 2 amide bonds. The van der Waals surface area contributed by atoms with Gasteiger partial charge in [-0.05, 0) is 80.5 Å². The number of thiophene rings is 1. The van der Waals surface area contributed by atoms with Crippen LogP contribution in [0.5, 0.6) is 0 Å². The highest BCUT2D eigenvalue weighted by molar-refractivity contribution is 7.19. The normalized spacial score (nSPS) is 30.7. The molecule has 3 fully saturated rings. The first-order valence-electron chi connectivity index (χ1n) is 13.0. The summed E-state index contributed by atoms with van der Waals surface area (Å²) < 4.78 is 43.4. The number of likely N-dealkylation sites (tertiary alicyclic amines) is 1. The van der Waals surface area contributed by atoms with E-state index in [1.54, 1.807) is 19.2 Å². The minimum atomic E-state index is -4.49. The highest BCUT2D eigenvalue weighted by Crippen LogP contribution is 2.63. The maximum Gasteiger partial charge on any atom is 0.414 e. The summed E-state index contributed by atoms with van der Waals surface area (Å²) in [5.74, 6) is -0.427. The van der Waals surface area contributed by atoms with E-state index in [0.717, 1.165) is 34.7 Å². The maximum absolute atomic E-state index is 14.2. The fourth-order valence-corrected chi connectivity index (χ4v) is 7.64. The summed E-state index contributed by atoms with van der Waals surface area (Å²) >= 11 is 1.39. The fourth-order valence-electron chi connectivity index (χ4n) is 6.51. The molecule has 5 heterocycles. The Morgan fingerprint density at radius 2 is 1.89 bits per heavy atom. The van der Waals surface area contributed by atoms with Gasteiger partial charge in [-0.25, -0.2) is 0 Å². The monoisotopic (exact) mass is 544 g/mol. The second-order valence-corrected chi connectivity index (χ2v) is 13.0. The molecule has 10 heteroatoms. The lowest BCUT2D eigenvalue weighted by atomic mass is 9.82. The van der Waals surface area contributed by atoms with Crippen LogP contribution in [0, 0.1) is 23.2 Å². The summed E-state index contributed by atoms with van der Waals surface area (Å²) in [7, 11) is 0. The Morgan fingerprint density at radius 1 is 1.18 bits per heavy atom. The molecule has 2 saturated heterocycles. The molecule has 2 aromatic rings. The highest BCUT2D eigenvalue weighted by Gasteiger charge is 2.72. The molecule has 6 nitrogen and oxygen atoms in total. The van der Waals surface area contributed by atoms with Gasteiger partial charge in [0.25, 0.3) is 0 Å². The zero-order valence-electron chi connectivity index (χ0n) is 21.8. The molecule has 2 aromatic heterocycles. The van der Waals surface area contributed by atoms with Gasteiger partial charge in [-0.15, -0.1) is 11.3 Å². The van der Waals surface area contributed by atoms with E-state index in [0.29, 0.717) is 34.7 Å². The topological polar surface area (TPSA) is 74.3 Å². The van der Waals surface area contributed by atoms with E-state index >= 15 is 0 Å². The first-order chi connectivity index (χ1) is 17.8. The molecule has 4 aliphatic rings. The lowest BCUT2D eigenvalue weighted by molar-refractivity contribution is -0.174. The number of carbonyl (C=O) groups is 2. The van der Waals surface area contributed by atoms with Gasteiger partial charge in [-0.2, -0.15) is 13.2 Å². The number of allylic oxidation sites excluding steroid dienone is 3. The predicted molar refractivity (Wildman–Crippen MR) is 140 cm³/mol. The molecule has 38 heavy (non-hydrogen) atoms. The Balaban J connectivity index is 1.39. The number of amides is 2. The van der Waals surface area contributed by atoms with Crippen LogP contribution in [0.4, 0.5) is 13.2 Å². The van der Waals surface area contributed by atoms with Gasteiger partial charge >= 0.3 is 6.18 Å². The van der Waals surface area contributed by atoms with Crippen molar-refractivity contribution in [2.75, 3.05) is 13.1 Å². The molecular formula is C28H31F3N4O2S. The number of rotatable bonds is 5. The number of hydrogen-bond acceptors (Lipinski definition) is 6. The van der Waals surface area contributed by atoms with Crippen molar-refractivity contribution in [3.8, 4) is 0 Å². The van der Waals surface area contributed by atoms with Crippen LogP contribution in [0.3, 0.4) is 0 Å².